The van der Waals surface area contributed by atoms with E-state index in [2.05, 4.69) is 15.6 Å². The van der Waals surface area contributed by atoms with Crippen molar-refractivity contribution in [2.45, 2.75) is 63.3 Å². The normalized spacial score (nSPS) is 25.7. The van der Waals surface area contributed by atoms with Crippen molar-refractivity contribution in [2.75, 3.05) is 32.7 Å². The van der Waals surface area contributed by atoms with Gasteiger partial charge in [-0.3, -0.25) is 9.89 Å². The van der Waals surface area contributed by atoms with Crippen molar-refractivity contribution in [1.29, 1.82) is 0 Å². The van der Waals surface area contributed by atoms with Crippen LogP contribution in [0.1, 0.15) is 45.4 Å². The Morgan fingerprint density at radius 1 is 1.29 bits per heavy atom. The summed E-state index contributed by atoms with van der Waals surface area (Å²) in [6.45, 7) is 2.87. The Morgan fingerprint density at radius 3 is 2.62 bits per heavy atom. The van der Waals surface area contributed by atoms with Gasteiger partial charge in [0.2, 0.25) is 0 Å². The van der Waals surface area contributed by atoms with Gasteiger partial charge in [-0.25, -0.2) is 0 Å². The van der Waals surface area contributed by atoms with Gasteiger partial charge in [-0.1, -0.05) is 19.3 Å². The van der Waals surface area contributed by atoms with Crippen LogP contribution in [0.15, 0.2) is 4.99 Å². The monoisotopic (exact) mass is 350 g/mol. The Hall–Kier alpha value is -1.02. The number of hydrogen-bond acceptors (Lipinski definition) is 3. The molecular weight excluding hydrogens is 321 g/mol. The Balaban J connectivity index is 1.85. The molecule has 0 radical (unpaired) electrons. The number of aliphatic hydroxyl groups is 1. The fourth-order valence-corrected chi connectivity index (χ4v) is 3.46. The second-order valence-corrected chi connectivity index (χ2v) is 6.96. The highest BCUT2D eigenvalue weighted by atomic mass is 19.4. The summed E-state index contributed by atoms with van der Waals surface area (Å²) < 4.78 is 37.4. The summed E-state index contributed by atoms with van der Waals surface area (Å²) in [6, 6.07) is -0.0499. The first kappa shape index (κ1) is 19.3. The molecule has 24 heavy (non-hydrogen) atoms. The molecule has 0 spiro atoms. The van der Waals surface area contributed by atoms with E-state index in [1.165, 1.54) is 4.90 Å². The van der Waals surface area contributed by atoms with Crippen LogP contribution in [-0.4, -0.2) is 66.5 Å². The van der Waals surface area contributed by atoms with E-state index in [0.29, 0.717) is 38.6 Å². The zero-order valence-corrected chi connectivity index (χ0v) is 14.3. The minimum Gasteiger partial charge on any atom is -0.388 e. The standard InChI is InChI=1S/C16H29F3N4O/c1-2-20-14(21-11-15(24)7-4-3-5-8-15)22-13-6-9-23(10-13)12-16(17,18)19/h13,24H,2-12H2,1H3,(H2,20,21,22). The third-order valence-electron chi connectivity index (χ3n) is 4.68. The lowest BCUT2D eigenvalue weighted by molar-refractivity contribution is -0.143. The average molecular weight is 350 g/mol. The molecule has 8 heteroatoms. The molecule has 2 fully saturated rings. The van der Waals surface area contributed by atoms with Gasteiger partial charge < -0.3 is 15.7 Å². The summed E-state index contributed by atoms with van der Waals surface area (Å²) in [5, 5.41) is 16.8. The van der Waals surface area contributed by atoms with Crippen LogP contribution in [0.5, 0.6) is 0 Å². The highest BCUT2D eigenvalue weighted by Gasteiger charge is 2.34. The highest BCUT2D eigenvalue weighted by molar-refractivity contribution is 5.80. The molecule has 2 aliphatic rings. The Morgan fingerprint density at radius 2 is 2.00 bits per heavy atom. The second kappa shape index (κ2) is 8.38. The van der Waals surface area contributed by atoms with E-state index in [1.54, 1.807) is 0 Å². The van der Waals surface area contributed by atoms with Crippen LogP contribution < -0.4 is 10.6 Å². The molecule has 1 saturated carbocycles. The second-order valence-electron chi connectivity index (χ2n) is 6.96. The minimum atomic E-state index is -4.16. The molecule has 140 valence electrons. The zero-order valence-electron chi connectivity index (χ0n) is 14.3. The smallest absolute Gasteiger partial charge is 0.388 e. The summed E-state index contributed by atoms with van der Waals surface area (Å²) >= 11 is 0. The molecule has 0 aromatic heterocycles. The van der Waals surface area contributed by atoms with Gasteiger partial charge in [-0.05, 0) is 26.2 Å². The number of likely N-dealkylation sites (tertiary alicyclic amines) is 1. The van der Waals surface area contributed by atoms with Gasteiger partial charge in [0.15, 0.2) is 5.96 Å². The van der Waals surface area contributed by atoms with E-state index in [-0.39, 0.29) is 6.04 Å². The molecule has 1 unspecified atom stereocenters. The molecule has 0 amide bonds. The molecule has 1 heterocycles. The first-order valence-electron chi connectivity index (χ1n) is 8.86. The summed E-state index contributed by atoms with van der Waals surface area (Å²) in [6.07, 6.45) is 1.22. The van der Waals surface area contributed by atoms with Gasteiger partial charge in [0.1, 0.15) is 0 Å². The van der Waals surface area contributed by atoms with Crippen LogP contribution in [-0.2, 0) is 0 Å². The Labute approximate surface area is 141 Å². The number of nitrogens with zero attached hydrogens (tertiary/aromatic N) is 2. The molecule has 1 atom stereocenters. The van der Waals surface area contributed by atoms with Crippen molar-refractivity contribution in [3.63, 3.8) is 0 Å². The molecule has 0 aromatic rings. The average Bonchev–Trinajstić information content (AvgIpc) is 2.91. The van der Waals surface area contributed by atoms with Gasteiger partial charge in [0, 0.05) is 25.7 Å². The van der Waals surface area contributed by atoms with Crippen molar-refractivity contribution in [2.24, 2.45) is 4.99 Å². The summed E-state index contributed by atoms with van der Waals surface area (Å²) in [5.41, 5.74) is -0.738. The van der Waals surface area contributed by atoms with E-state index in [9.17, 15) is 18.3 Å². The van der Waals surface area contributed by atoms with Crippen molar-refractivity contribution in [1.82, 2.24) is 15.5 Å². The molecule has 1 saturated heterocycles. The van der Waals surface area contributed by atoms with Crippen LogP contribution in [0, 0.1) is 0 Å². The topological polar surface area (TPSA) is 59.9 Å². The predicted molar refractivity (Wildman–Crippen MR) is 88.0 cm³/mol. The number of halogens is 3. The molecule has 1 aliphatic carbocycles. The number of aliphatic imine (C=N–C) groups is 1. The van der Waals surface area contributed by atoms with Gasteiger partial charge in [0.25, 0.3) is 0 Å². The third kappa shape index (κ3) is 6.47. The van der Waals surface area contributed by atoms with Crippen LogP contribution in [0.25, 0.3) is 0 Å². The van der Waals surface area contributed by atoms with Crippen molar-refractivity contribution in [3.8, 4) is 0 Å². The Bertz CT molecular complexity index is 422. The van der Waals surface area contributed by atoms with E-state index < -0.39 is 18.3 Å². The lowest BCUT2D eigenvalue weighted by atomic mass is 9.85. The van der Waals surface area contributed by atoms with E-state index >= 15 is 0 Å². The molecule has 0 aromatic carbocycles. The number of alkyl halides is 3. The molecule has 2 rings (SSSR count). The fraction of sp³-hybridized carbons (Fsp3) is 0.938. The van der Waals surface area contributed by atoms with Gasteiger partial charge >= 0.3 is 6.18 Å². The Kier molecular flexibility index (Phi) is 6.74. The first-order valence-corrected chi connectivity index (χ1v) is 8.86. The molecule has 0 bridgehead atoms. The van der Waals surface area contributed by atoms with Crippen LogP contribution in [0.4, 0.5) is 13.2 Å². The van der Waals surface area contributed by atoms with Crippen LogP contribution in [0.3, 0.4) is 0 Å². The summed E-state index contributed by atoms with van der Waals surface area (Å²) in [7, 11) is 0. The maximum Gasteiger partial charge on any atom is 0.401 e. The van der Waals surface area contributed by atoms with Gasteiger partial charge in [-0.15, -0.1) is 0 Å². The maximum atomic E-state index is 12.5. The van der Waals surface area contributed by atoms with Crippen LogP contribution >= 0.6 is 0 Å². The van der Waals surface area contributed by atoms with Crippen LogP contribution in [0.2, 0.25) is 0 Å². The lowest BCUT2D eigenvalue weighted by Gasteiger charge is -2.30. The lowest BCUT2D eigenvalue weighted by Crippen LogP contribution is -2.46. The van der Waals surface area contributed by atoms with Crippen molar-refractivity contribution < 1.29 is 18.3 Å². The fourth-order valence-electron chi connectivity index (χ4n) is 3.46. The summed E-state index contributed by atoms with van der Waals surface area (Å²) in [5.74, 6) is 0.579. The van der Waals surface area contributed by atoms with E-state index in [4.69, 9.17) is 0 Å². The highest BCUT2D eigenvalue weighted by Crippen LogP contribution is 2.28. The quantitative estimate of drug-likeness (QED) is 0.523. The minimum absolute atomic E-state index is 0.0499. The van der Waals surface area contributed by atoms with Crippen molar-refractivity contribution in [3.05, 3.63) is 0 Å². The van der Waals surface area contributed by atoms with Gasteiger partial charge in [0.05, 0.1) is 18.7 Å². The molecular formula is C16H29F3N4O. The largest absolute Gasteiger partial charge is 0.401 e. The SMILES string of the molecule is CCNC(=NCC1(O)CCCCC1)NC1CCN(CC(F)(F)F)C1. The molecule has 1 aliphatic heterocycles. The number of hydrogen-bond donors (Lipinski definition) is 3. The third-order valence-corrected chi connectivity index (χ3v) is 4.68. The first-order chi connectivity index (χ1) is 11.3. The molecule has 3 N–H and O–H groups in total. The zero-order chi connectivity index (χ0) is 17.6. The molecule has 5 nitrogen and oxygen atoms in total. The number of guanidine groups is 1. The van der Waals surface area contributed by atoms with Crippen molar-refractivity contribution >= 4 is 5.96 Å². The summed E-state index contributed by atoms with van der Waals surface area (Å²) in [4.78, 5) is 5.89. The predicted octanol–water partition coefficient (Wildman–Crippen LogP) is 1.87. The maximum absolute atomic E-state index is 12.5. The van der Waals surface area contributed by atoms with E-state index in [0.717, 1.165) is 32.1 Å². The number of nitrogens with one attached hydrogen (secondary N) is 2. The number of rotatable bonds is 5. The van der Waals surface area contributed by atoms with Gasteiger partial charge in [-0.2, -0.15) is 13.2 Å². The van der Waals surface area contributed by atoms with E-state index in [1.807, 2.05) is 6.92 Å².